The van der Waals surface area contributed by atoms with E-state index in [-0.39, 0.29) is 0 Å². The van der Waals surface area contributed by atoms with E-state index in [0.29, 0.717) is 29.0 Å². The van der Waals surface area contributed by atoms with E-state index in [9.17, 15) is 0 Å². The lowest BCUT2D eigenvalue weighted by Gasteiger charge is -2.40. The van der Waals surface area contributed by atoms with E-state index in [4.69, 9.17) is 18.4 Å². The first-order valence-electron chi connectivity index (χ1n) is 12.7. The van der Waals surface area contributed by atoms with Crippen LogP contribution < -0.4 is 10.6 Å². The molecule has 0 spiro atoms. The van der Waals surface area contributed by atoms with Crippen molar-refractivity contribution in [2.24, 2.45) is 5.92 Å². The summed E-state index contributed by atoms with van der Waals surface area (Å²) in [5.41, 5.74) is 14.5. The van der Waals surface area contributed by atoms with Crippen LogP contribution in [0.5, 0.6) is 0 Å². The molecule has 5 unspecified atom stereocenters. The molecule has 1 heterocycles. The Morgan fingerprint density at radius 1 is 0.939 bits per heavy atom. The van der Waals surface area contributed by atoms with Gasteiger partial charge in [-0.15, -0.1) is 0 Å². The van der Waals surface area contributed by atoms with Crippen LogP contribution in [-0.4, -0.2) is 11.3 Å². The lowest BCUT2D eigenvalue weighted by Crippen LogP contribution is -2.36. The molecule has 2 aromatic carbocycles. The Balaban J connectivity index is 1.24. The Bertz CT molecular complexity index is 1120. The molecule has 4 aliphatic rings. The molecule has 0 aromatic heterocycles. The highest BCUT2D eigenvalue weighted by Crippen LogP contribution is 2.51. The molecule has 1 aliphatic heterocycles. The Morgan fingerprint density at radius 3 is 2.61 bits per heavy atom. The zero-order chi connectivity index (χ0) is 22.4. The van der Waals surface area contributed by atoms with Crippen LogP contribution in [0.15, 0.2) is 84.1 Å². The van der Waals surface area contributed by atoms with E-state index in [1.165, 1.54) is 54.6 Å². The second-order valence-electron chi connectivity index (χ2n) is 10.2. The third-order valence-electron chi connectivity index (χ3n) is 8.44. The maximum Gasteiger partial charge on any atom is 0.0471 e. The molecule has 1 saturated carbocycles. The molecule has 0 bridgehead atoms. The van der Waals surface area contributed by atoms with Gasteiger partial charge in [0.2, 0.25) is 0 Å². The first-order chi connectivity index (χ1) is 16.2. The van der Waals surface area contributed by atoms with Crippen LogP contribution in [0.3, 0.4) is 0 Å². The van der Waals surface area contributed by atoms with Crippen molar-refractivity contribution in [3.63, 3.8) is 0 Å². The number of nitrogens with zero attached hydrogens (tertiary/aromatic N) is 1. The zero-order valence-electron chi connectivity index (χ0n) is 19.2. The molecule has 5 atom stereocenters. The first kappa shape index (κ1) is 21.2. The van der Waals surface area contributed by atoms with E-state index in [2.05, 4.69) is 77.7 Å². The van der Waals surface area contributed by atoms with Crippen molar-refractivity contribution < 1.29 is 0 Å². The highest BCUT2D eigenvalue weighted by molar-refractivity contribution is 7.81. The minimum Gasteiger partial charge on any atom is -0.399 e. The summed E-state index contributed by atoms with van der Waals surface area (Å²) in [6.07, 6.45) is 17.9. The van der Waals surface area contributed by atoms with Crippen molar-refractivity contribution in [1.82, 2.24) is 0 Å². The highest BCUT2D eigenvalue weighted by atomic mass is 32.1. The summed E-state index contributed by atoms with van der Waals surface area (Å²) in [5.74, 6) is 1.67. The van der Waals surface area contributed by atoms with Crippen molar-refractivity contribution >= 4 is 24.0 Å². The van der Waals surface area contributed by atoms with Crippen molar-refractivity contribution in [3.8, 4) is 0 Å². The van der Waals surface area contributed by atoms with E-state index < -0.39 is 0 Å². The van der Waals surface area contributed by atoms with Crippen LogP contribution >= 0.6 is 12.6 Å². The summed E-state index contributed by atoms with van der Waals surface area (Å²) < 4.78 is 0. The SMILES string of the molecule is Nc1ccc2c(c1)N(C1CC=C(C3CCCC(c4ccccc4)C3S)CC1)C1=CC=CCC12. The van der Waals surface area contributed by atoms with Crippen molar-refractivity contribution in [1.29, 1.82) is 0 Å². The van der Waals surface area contributed by atoms with Crippen LogP contribution in [0.1, 0.15) is 67.9 Å². The molecule has 2 nitrogen and oxygen atoms in total. The minimum atomic E-state index is 0.423. The van der Waals surface area contributed by atoms with Gasteiger partial charge in [0.05, 0.1) is 0 Å². The maximum atomic E-state index is 6.23. The van der Waals surface area contributed by atoms with Crippen molar-refractivity contribution in [2.75, 3.05) is 10.6 Å². The van der Waals surface area contributed by atoms with Crippen molar-refractivity contribution in [2.45, 2.75) is 68.1 Å². The predicted octanol–water partition coefficient (Wildman–Crippen LogP) is 7.38. The number of allylic oxidation sites excluding steroid dienone is 5. The van der Waals surface area contributed by atoms with Crippen LogP contribution in [0.2, 0.25) is 0 Å². The molecular weight excluding hydrogens is 420 g/mol. The third-order valence-corrected chi connectivity index (χ3v) is 9.16. The largest absolute Gasteiger partial charge is 0.399 e. The first-order valence-corrected chi connectivity index (χ1v) is 13.2. The van der Waals surface area contributed by atoms with Gasteiger partial charge in [-0.3, -0.25) is 0 Å². The third kappa shape index (κ3) is 3.75. The summed E-state index contributed by atoms with van der Waals surface area (Å²) in [6.45, 7) is 0. The number of anilines is 2. The fourth-order valence-corrected chi connectivity index (χ4v) is 7.49. The summed E-state index contributed by atoms with van der Waals surface area (Å²) in [7, 11) is 0. The smallest absolute Gasteiger partial charge is 0.0471 e. The van der Waals surface area contributed by atoms with E-state index in [1.54, 1.807) is 5.57 Å². The summed E-state index contributed by atoms with van der Waals surface area (Å²) in [5, 5.41) is 0.423. The molecule has 3 aliphatic carbocycles. The number of nitrogens with two attached hydrogens (primary N) is 1. The minimum absolute atomic E-state index is 0.423. The summed E-state index contributed by atoms with van der Waals surface area (Å²) in [6, 6.07) is 18.1. The normalized spacial score (nSPS) is 30.9. The molecule has 0 amide bonds. The molecule has 2 aromatic rings. The topological polar surface area (TPSA) is 29.3 Å². The Kier molecular flexibility index (Phi) is 5.62. The van der Waals surface area contributed by atoms with Gasteiger partial charge >= 0.3 is 0 Å². The lowest BCUT2D eigenvalue weighted by molar-refractivity contribution is 0.358. The molecule has 3 heteroatoms. The van der Waals surface area contributed by atoms with E-state index in [0.717, 1.165) is 18.5 Å². The van der Waals surface area contributed by atoms with Crippen molar-refractivity contribution in [3.05, 3.63) is 95.2 Å². The number of rotatable bonds is 3. The molecule has 0 saturated heterocycles. The highest BCUT2D eigenvalue weighted by Gasteiger charge is 2.39. The number of hydrogen-bond donors (Lipinski definition) is 2. The van der Waals surface area contributed by atoms with Gasteiger partial charge in [-0.25, -0.2) is 0 Å². The zero-order valence-corrected chi connectivity index (χ0v) is 20.1. The second kappa shape index (κ2) is 8.76. The maximum absolute atomic E-state index is 6.23. The average molecular weight is 455 g/mol. The number of nitrogen functional groups attached to an aromatic ring is 1. The molecule has 0 radical (unpaired) electrons. The molecule has 1 fully saturated rings. The van der Waals surface area contributed by atoms with Crippen LogP contribution in [0, 0.1) is 5.92 Å². The molecular formula is C30H34N2S. The molecule has 6 rings (SSSR count). The predicted molar refractivity (Wildman–Crippen MR) is 143 cm³/mol. The number of benzene rings is 2. The summed E-state index contributed by atoms with van der Waals surface area (Å²) >= 11 is 5.21. The van der Waals surface area contributed by atoms with Crippen LogP contribution in [0.4, 0.5) is 11.4 Å². The van der Waals surface area contributed by atoms with Gasteiger partial charge in [0.15, 0.2) is 0 Å². The number of fused-ring (bicyclic) bond motifs is 3. The van der Waals surface area contributed by atoms with Gasteiger partial charge in [0.25, 0.3) is 0 Å². The van der Waals surface area contributed by atoms with Gasteiger partial charge < -0.3 is 10.6 Å². The Morgan fingerprint density at radius 2 is 1.79 bits per heavy atom. The Hall–Kier alpha value is -2.39. The van der Waals surface area contributed by atoms with Gasteiger partial charge in [0, 0.05) is 34.3 Å². The number of hydrogen-bond acceptors (Lipinski definition) is 3. The van der Waals surface area contributed by atoms with Crippen LogP contribution in [0.25, 0.3) is 0 Å². The standard InChI is InChI=1S/C30H34N2S/c31-22-15-18-27-26-9-4-5-12-28(26)32(29(27)19-22)23-16-13-21(14-17-23)25-11-6-10-24(30(25)33)20-7-2-1-3-8-20/h1-5,7-8,12-13,15,18-19,23-26,30,33H,6,9-11,14,16-17,31H2. The second-order valence-corrected chi connectivity index (χ2v) is 10.8. The monoisotopic (exact) mass is 454 g/mol. The van der Waals surface area contributed by atoms with Gasteiger partial charge in [-0.1, -0.05) is 66.6 Å². The van der Waals surface area contributed by atoms with Gasteiger partial charge in [-0.2, -0.15) is 12.6 Å². The average Bonchev–Trinajstić information content (AvgIpc) is 3.18. The lowest BCUT2D eigenvalue weighted by atomic mass is 9.72. The van der Waals surface area contributed by atoms with Gasteiger partial charge in [0.1, 0.15) is 0 Å². The molecule has 33 heavy (non-hydrogen) atoms. The molecule has 2 N–H and O–H groups in total. The van der Waals surface area contributed by atoms with E-state index >= 15 is 0 Å². The van der Waals surface area contributed by atoms with Gasteiger partial charge in [-0.05, 0) is 79.7 Å². The fourth-order valence-electron chi connectivity index (χ4n) is 6.82. The van der Waals surface area contributed by atoms with E-state index in [1.807, 2.05) is 0 Å². The summed E-state index contributed by atoms with van der Waals surface area (Å²) in [4.78, 5) is 2.62. The fraction of sp³-hybridized carbons (Fsp3) is 0.400. The van der Waals surface area contributed by atoms with Crippen LogP contribution in [-0.2, 0) is 0 Å². The Labute approximate surface area is 203 Å². The quantitative estimate of drug-likeness (QED) is 0.288. The molecule has 170 valence electrons. The number of thiol groups is 1.